The molecule has 10 heteroatoms. The number of rotatable bonds is 8. The van der Waals surface area contributed by atoms with Gasteiger partial charge in [0.15, 0.2) is 0 Å². The summed E-state index contributed by atoms with van der Waals surface area (Å²) < 4.78 is 18.1. The summed E-state index contributed by atoms with van der Waals surface area (Å²) >= 11 is 0. The maximum absolute atomic E-state index is 13.0. The van der Waals surface area contributed by atoms with Crippen LogP contribution < -0.4 is 16.4 Å². The number of halogens is 1. The van der Waals surface area contributed by atoms with Gasteiger partial charge in [-0.15, -0.1) is 0 Å². The van der Waals surface area contributed by atoms with Crippen LogP contribution in [0.5, 0.6) is 0 Å². The third-order valence-corrected chi connectivity index (χ3v) is 5.17. The lowest BCUT2D eigenvalue weighted by molar-refractivity contribution is -0.134. The third-order valence-electron chi connectivity index (χ3n) is 5.17. The first-order chi connectivity index (χ1) is 15.5. The third kappa shape index (κ3) is 9.65. The number of alkyl carbamates (subject to hydrolysis) is 1. The van der Waals surface area contributed by atoms with Crippen molar-refractivity contribution in [3.05, 3.63) is 35.6 Å². The van der Waals surface area contributed by atoms with Crippen molar-refractivity contribution in [1.29, 1.82) is 0 Å². The van der Waals surface area contributed by atoms with E-state index in [2.05, 4.69) is 10.6 Å². The molecule has 1 saturated heterocycles. The topological polar surface area (TPSA) is 117 Å². The lowest BCUT2D eigenvalue weighted by atomic mass is 10.1. The molecule has 0 aliphatic carbocycles. The summed E-state index contributed by atoms with van der Waals surface area (Å²) in [6.07, 6.45) is 1.34. The highest BCUT2D eigenvalue weighted by atomic mass is 19.1. The van der Waals surface area contributed by atoms with Crippen LogP contribution in [0.15, 0.2) is 24.3 Å². The zero-order valence-corrected chi connectivity index (χ0v) is 19.7. The quantitative estimate of drug-likeness (QED) is 0.509. The number of piperazine rings is 1. The molecule has 4 amide bonds. The van der Waals surface area contributed by atoms with E-state index < -0.39 is 12.1 Å². The molecule has 0 unspecified atom stereocenters. The van der Waals surface area contributed by atoms with Crippen LogP contribution in [0.25, 0.3) is 0 Å². The molecule has 1 heterocycles. The Morgan fingerprint density at radius 3 is 2.27 bits per heavy atom. The number of amides is 4. The van der Waals surface area contributed by atoms with Gasteiger partial charge < -0.3 is 30.9 Å². The number of carbonyl (C=O) groups excluding carboxylic acids is 3. The highest BCUT2D eigenvalue weighted by Gasteiger charge is 2.27. The van der Waals surface area contributed by atoms with E-state index in [0.717, 1.165) is 5.56 Å². The number of benzene rings is 1. The minimum absolute atomic E-state index is 0.132. The number of carbonyl (C=O) groups is 3. The van der Waals surface area contributed by atoms with E-state index in [1.54, 1.807) is 21.9 Å². The lowest BCUT2D eigenvalue weighted by Crippen LogP contribution is -2.55. The molecule has 0 aromatic heterocycles. The van der Waals surface area contributed by atoms with E-state index in [4.69, 9.17) is 10.5 Å². The minimum atomic E-state index is -0.618. The Kier molecular flexibility index (Phi) is 9.90. The lowest BCUT2D eigenvalue weighted by Gasteiger charge is -2.35. The van der Waals surface area contributed by atoms with Gasteiger partial charge in [-0.3, -0.25) is 4.79 Å². The second-order valence-electron chi connectivity index (χ2n) is 9.21. The Morgan fingerprint density at radius 2 is 1.67 bits per heavy atom. The number of hydrogen-bond acceptors (Lipinski definition) is 5. The van der Waals surface area contributed by atoms with Crippen molar-refractivity contribution in [2.75, 3.05) is 32.8 Å². The van der Waals surface area contributed by atoms with Crippen molar-refractivity contribution >= 4 is 18.0 Å². The molecule has 1 fully saturated rings. The summed E-state index contributed by atoms with van der Waals surface area (Å²) in [4.78, 5) is 39.9. The number of nitrogens with one attached hydrogen (secondary N) is 2. The second kappa shape index (κ2) is 12.4. The number of nitrogens with two attached hydrogens (primary N) is 1. The number of unbranched alkanes of at least 4 members (excludes halogenated alkanes) is 1. The van der Waals surface area contributed by atoms with Crippen molar-refractivity contribution in [2.24, 2.45) is 5.73 Å². The van der Waals surface area contributed by atoms with E-state index >= 15 is 0 Å². The Labute approximate surface area is 194 Å². The minimum Gasteiger partial charge on any atom is -0.450 e. The first kappa shape index (κ1) is 26.4. The SMILES string of the molecule is CC(C)(C)NC(=O)OCCCC[C@@H](N)C(=O)N1CCN(C(=O)NCc2ccc(F)cc2)CC1. The van der Waals surface area contributed by atoms with Gasteiger partial charge in [-0.05, 0) is 57.7 Å². The zero-order chi connectivity index (χ0) is 24.4. The maximum atomic E-state index is 13.0. The number of nitrogens with zero attached hydrogens (tertiary/aromatic N) is 2. The standard InChI is InChI=1S/C23H36FN5O4/c1-23(2,3)27-22(32)33-15-5-4-6-19(25)20(30)28-11-13-29(14-12-28)21(31)26-16-17-7-9-18(24)10-8-17/h7-10,19H,4-6,11-16,25H2,1-3H3,(H,26,31)(H,27,32)/t19-/m1/s1. The van der Waals surface area contributed by atoms with Crippen molar-refractivity contribution in [3.63, 3.8) is 0 Å². The normalized spacial score (nSPS) is 15.1. The molecule has 1 atom stereocenters. The van der Waals surface area contributed by atoms with E-state index in [0.29, 0.717) is 52.0 Å². The van der Waals surface area contributed by atoms with E-state index in [9.17, 15) is 18.8 Å². The molecule has 9 nitrogen and oxygen atoms in total. The molecule has 0 radical (unpaired) electrons. The fourth-order valence-electron chi connectivity index (χ4n) is 3.35. The highest BCUT2D eigenvalue weighted by molar-refractivity contribution is 5.82. The molecule has 33 heavy (non-hydrogen) atoms. The number of urea groups is 1. The van der Waals surface area contributed by atoms with Crippen molar-refractivity contribution in [2.45, 2.75) is 58.2 Å². The van der Waals surface area contributed by atoms with Crippen molar-refractivity contribution < 1.29 is 23.5 Å². The van der Waals surface area contributed by atoms with Crippen LogP contribution in [0, 0.1) is 5.82 Å². The zero-order valence-electron chi connectivity index (χ0n) is 19.7. The molecule has 1 aromatic rings. The first-order valence-corrected chi connectivity index (χ1v) is 11.3. The van der Waals surface area contributed by atoms with Gasteiger partial charge in [0, 0.05) is 38.3 Å². The van der Waals surface area contributed by atoms with Crippen LogP contribution in [0.3, 0.4) is 0 Å². The van der Waals surface area contributed by atoms with E-state index in [1.807, 2.05) is 20.8 Å². The van der Waals surface area contributed by atoms with Crippen LogP contribution >= 0.6 is 0 Å². The van der Waals surface area contributed by atoms with E-state index in [-0.39, 0.29) is 29.9 Å². The van der Waals surface area contributed by atoms with Crippen LogP contribution in [0.4, 0.5) is 14.0 Å². The molecule has 1 aromatic carbocycles. The molecular weight excluding hydrogens is 429 g/mol. The van der Waals surface area contributed by atoms with Gasteiger partial charge in [0.1, 0.15) is 5.82 Å². The van der Waals surface area contributed by atoms with Gasteiger partial charge in [0.25, 0.3) is 0 Å². The van der Waals surface area contributed by atoms with E-state index in [1.165, 1.54) is 12.1 Å². The molecule has 0 saturated carbocycles. The number of hydrogen-bond donors (Lipinski definition) is 3. The number of ether oxygens (including phenoxy) is 1. The van der Waals surface area contributed by atoms with Crippen LogP contribution in [-0.4, -0.2) is 72.2 Å². The summed E-state index contributed by atoms with van der Waals surface area (Å²) in [6, 6.07) is 5.12. The largest absolute Gasteiger partial charge is 0.450 e. The fraction of sp³-hybridized carbons (Fsp3) is 0.609. The van der Waals surface area contributed by atoms with Gasteiger partial charge in [0.05, 0.1) is 12.6 Å². The molecule has 4 N–H and O–H groups in total. The Morgan fingerprint density at radius 1 is 1.06 bits per heavy atom. The van der Waals surface area contributed by atoms with Gasteiger partial charge in [-0.1, -0.05) is 12.1 Å². The first-order valence-electron chi connectivity index (χ1n) is 11.3. The Balaban J connectivity index is 1.61. The van der Waals surface area contributed by atoms with Crippen molar-refractivity contribution in [3.8, 4) is 0 Å². The van der Waals surface area contributed by atoms with Gasteiger partial charge in [-0.25, -0.2) is 14.0 Å². The average molecular weight is 466 g/mol. The Hall–Kier alpha value is -2.88. The molecular formula is C23H36FN5O4. The smallest absolute Gasteiger partial charge is 0.407 e. The highest BCUT2D eigenvalue weighted by Crippen LogP contribution is 2.09. The summed E-state index contributed by atoms with van der Waals surface area (Å²) in [5.41, 5.74) is 6.52. The predicted octanol–water partition coefficient (Wildman–Crippen LogP) is 2.20. The second-order valence-corrected chi connectivity index (χ2v) is 9.21. The van der Waals surface area contributed by atoms with Crippen LogP contribution in [-0.2, 0) is 16.1 Å². The molecule has 184 valence electrons. The Bertz CT molecular complexity index is 789. The van der Waals surface area contributed by atoms with Gasteiger partial charge >= 0.3 is 12.1 Å². The molecule has 0 bridgehead atoms. The predicted molar refractivity (Wildman–Crippen MR) is 123 cm³/mol. The van der Waals surface area contributed by atoms with Gasteiger partial charge in [0.2, 0.25) is 5.91 Å². The summed E-state index contributed by atoms with van der Waals surface area (Å²) in [5, 5.41) is 5.53. The van der Waals surface area contributed by atoms with Crippen molar-refractivity contribution in [1.82, 2.24) is 20.4 Å². The molecule has 1 aliphatic rings. The monoisotopic (exact) mass is 465 g/mol. The summed E-state index contributed by atoms with van der Waals surface area (Å²) in [7, 11) is 0. The van der Waals surface area contributed by atoms with Crippen LogP contribution in [0.1, 0.15) is 45.6 Å². The molecule has 2 rings (SSSR count). The van der Waals surface area contributed by atoms with Gasteiger partial charge in [-0.2, -0.15) is 0 Å². The summed E-state index contributed by atoms with van der Waals surface area (Å²) in [6.45, 7) is 7.89. The molecule has 1 aliphatic heterocycles. The summed E-state index contributed by atoms with van der Waals surface area (Å²) in [5.74, 6) is -0.450. The fourth-order valence-corrected chi connectivity index (χ4v) is 3.35. The molecule has 0 spiro atoms. The van der Waals surface area contributed by atoms with Crippen LogP contribution in [0.2, 0.25) is 0 Å². The maximum Gasteiger partial charge on any atom is 0.407 e. The average Bonchev–Trinajstić information content (AvgIpc) is 2.76.